The van der Waals surface area contributed by atoms with Crippen LogP contribution in [0.4, 0.5) is 0 Å². The predicted octanol–water partition coefficient (Wildman–Crippen LogP) is 2.87. The van der Waals surface area contributed by atoms with E-state index >= 15 is 0 Å². The van der Waals surface area contributed by atoms with E-state index in [1.165, 1.54) is 16.0 Å². The van der Waals surface area contributed by atoms with Gasteiger partial charge in [-0.3, -0.25) is 4.57 Å². The lowest BCUT2D eigenvalue weighted by atomic mass is 10.0. The molecule has 1 fully saturated rings. The van der Waals surface area contributed by atoms with Crippen LogP contribution in [0.25, 0.3) is 11.4 Å². The van der Waals surface area contributed by atoms with E-state index in [-0.39, 0.29) is 6.10 Å². The second kappa shape index (κ2) is 8.94. The fourth-order valence-electron chi connectivity index (χ4n) is 4.64. The Bertz CT molecular complexity index is 1100. The minimum absolute atomic E-state index is 0.204. The Kier molecular flexibility index (Phi) is 5.89. The van der Waals surface area contributed by atoms with Crippen molar-refractivity contribution in [2.75, 3.05) is 20.3 Å². The lowest BCUT2D eigenvalue weighted by Crippen LogP contribution is -3.11. The molecule has 5 rings (SSSR count). The standard InChI is InChI=1S/C24H28N4O2S/c1-29-21-10-8-19(9-11-21)23-25-28(24(31)27(23)16-22-7-4-14-30-22)17-26-13-12-18-5-2-3-6-20(18)15-26/h2-3,5-6,8-11,22H,4,7,12-17H2,1H3/p+1/t22-/m0/s1. The van der Waals surface area contributed by atoms with Gasteiger partial charge in [0.15, 0.2) is 12.5 Å². The van der Waals surface area contributed by atoms with Crippen LogP contribution in [0.5, 0.6) is 5.75 Å². The number of ether oxygens (including phenoxy) is 2. The maximum Gasteiger partial charge on any atom is 0.203 e. The van der Waals surface area contributed by atoms with Gasteiger partial charge in [-0.1, -0.05) is 24.3 Å². The van der Waals surface area contributed by atoms with Crippen molar-refractivity contribution >= 4 is 12.2 Å². The van der Waals surface area contributed by atoms with E-state index in [4.69, 9.17) is 26.8 Å². The van der Waals surface area contributed by atoms with Crippen LogP contribution in [-0.2, 0) is 30.9 Å². The van der Waals surface area contributed by atoms with Crippen molar-refractivity contribution in [1.82, 2.24) is 14.3 Å². The molecule has 6 nitrogen and oxygen atoms in total. The van der Waals surface area contributed by atoms with Gasteiger partial charge >= 0.3 is 0 Å². The normalized spacial score (nSPS) is 20.5. The van der Waals surface area contributed by atoms with Crippen LogP contribution in [0.3, 0.4) is 0 Å². The summed E-state index contributed by atoms with van der Waals surface area (Å²) in [5.41, 5.74) is 3.95. The summed E-state index contributed by atoms with van der Waals surface area (Å²) in [4.78, 5) is 1.48. The molecule has 1 unspecified atom stereocenters. The molecular weight excluding hydrogens is 408 g/mol. The summed E-state index contributed by atoms with van der Waals surface area (Å²) in [5.74, 6) is 1.74. The van der Waals surface area contributed by atoms with Gasteiger partial charge in [0.1, 0.15) is 12.3 Å². The second-order valence-electron chi connectivity index (χ2n) is 8.43. The predicted molar refractivity (Wildman–Crippen MR) is 122 cm³/mol. The van der Waals surface area contributed by atoms with E-state index < -0.39 is 0 Å². The molecule has 2 aromatic carbocycles. The second-order valence-corrected chi connectivity index (χ2v) is 8.80. The summed E-state index contributed by atoms with van der Waals surface area (Å²) >= 11 is 5.91. The van der Waals surface area contributed by atoms with Crippen molar-refractivity contribution < 1.29 is 14.4 Å². The van der Waals surface area contributed by atoms with E-state index in [2.05, 4.69) is 41.0 Å². The zero-order valence-corrected chi connectivity index (χ0v) is 18.7. The first-order chi connectivity index (χ1) is 15.2. The molecule has 1 N–H and O–H groups in total. The average molecular weight is 438 g/mol. The summed E-state index contributed by atoms with van der Waals surface area (Å²) in [6, 6.07) is 16.8. The van der Waals surface area contributed by atoms with Gasteiger partial charge < -0.3 is 14.4 Å². The Balaban J connectivity index is 1.44. The first-order valence-electron chi connectivity index (χ1n) is 11.1. The number of methoxy groups -OCH3 is 1. The highest BCUT2D eigenvalue weighted by Crippen LogP contribution is 2.24. The molecule has 2 aliphatic rings. The maximum absolute atomic E-state index is 5.91. The lowest BCUT2D eigenvalue weighted by Gasteiger charge is -2.25. The number of hydrogen-bond acceptors (Lipinski definition) is 4. The SMILES string of the molecule is COc1ccc(-c2nn(C[NH+]3CCc4ccccc4C3)c(=S)n2C[C@@H]2CCCO2)cc1. The molecule has 0 bridgehead atoms. The minimum Gasteiger partial charge on any atom is -0.497 e. The largest absolute Gasteiger partial charge is 0.497 e. The fourth-order valence-corrected chi connectivity index (χ4v) is 4.91. The number of aromatic nitrogens is 3. The zero-order valence-electron chi connectivity index (χ0n) is 17.9. The number of rotatable bonds is 6. The molecule has 2 aliphatic heterocycles. The molecule has 162 valence electrons. The summed E-state index contributed by atoms with van der Waals surface area (Å²) in [5, 5.41) is 4.99. The summed E-state index contributed by atoms with van der Waals surface area (Å²) in [6.07, 6.45) is 3.49. The molecule has 0 amide bonds. The average Bonchev–Trinajstić information content (AvgIpc) is 3.43. The highest BCUT2D eigenvalue weighted by molar-refractivity contribution is 7.71. The van der Waals surface area contributed by atoms with Crippen molar-refractivity contribution in [1.29, 1.82) is 0 Å². The van der Waals surface area contributed by atoms with Crippen molar-refractivity contribution in [3.05, 3.63) is 64.4 Å². The molecule has 0 aliphatic carbocycles. The first-order valence-corrected chi connectivity index (χ1v) is 11.5. The molecule has 0 saturated carbocycles. The van der Waals surface area contributed by atoms with E-state index in [9.17, 15) is 0 Å². The van der Waals surface area contributed by atoms with Gasteiger partial charge in [0.25, 0.3) is 0 Å². The molecule has 31 heavy (non-hydrogen) atoms. The van der Waals surface area contributed by atoms with Crippen LogP contribution in [0.2, 0.25) is 0 Å². The Hall–Kier alpha value is -2.48. The highest BCUT2D eigenvalue weighted by atomic mass is 32.1. The third-order valence-electron chi connectivity index (χ3n) is 6.36. The van der Waals surface area contributed by atoms with Gasteiger partial charge in [-0.2, -0.15) is 4.68 Å². The van der Waals surface area contributed by atoms with Gasteiger partial charge in [0.2, 0.25) is 4.77 Å². The monoisotopic (exact) mass is 437 g/mol. The molecule has 3 aromatic rings. The lowest BCUT2D eigenvalue weighted by molar-refractivity contribution is -0.939. The van der Waals surface area contributed by atoms with E-state index in [0.717, 1.165) is 74.1 Å². The van der Waals surface area contributed by atoms with E-state index in [1.807, 2.05) is 16.8 Å². The van der Waals surface area contributed by atoms with Gasteiger partial charge in [-0.15, -0.1) is 5.10 Å². The number of quaternary nitrogens is 1. The van der Waals surface area contributed by atoms with Crippen molar-refractivity contribution in [3.63, 3.8) is 0 Å². The number of benzene rings is 2. The first kappa shape index (κ1) is 20.4. The zero-order chi connectivity index (χ0) is 21.2. The molecular formula is C24H29N4O2S+. The van der Waals surface area contributed by atoms with Gasteiger partial charge in [0.05, 0.1) is 26.3 Å². The number of fused-ring (bicyclic) bond motifs is 1. The number of hydrogen-bond donors (Lipinski definition) is 1. The third-order valence-corrected chi connectivity index (χ3v) is 6.79. The van der Waals surface area contributed by atoms with E-state index in [1.54, 1.807) is 7.11 Å². The summed E-state index contributed by atoms with van der Waals surface area (Å²) in [7, 11) is 1.68. The minimum atomic E-state index is 0.204. The smallest absolute Gasteiger partial charge is 0.203 e. The van der Waals surface area contributed by atoms with Crippen LogP contribution in [0.1, 0.15) is 24.0 Å². The molecule has 1 aromatic heterocycles. The topological polar surface area (TPSA) is 45.7 Å². The summed E-state index contributed by atoms with van der Waals surface area (Å²) in [6.45, 7) is 4.46. The van der Waals surface area contributed by atoms with E-state index in [0.29, 0.717) is 0 Å². The van der Waals surface area contributed by atoms with Crippen LogP contribution in [0, 0.1) is 4.77 Å². The molecule has 2 atom stereocenters. The van der Waals surface area contributed by atoms with Crippen LogP contribution in [0.15, 0.2) is 48.5 Å². The molecule has 0 radical (unpaired) electrons. The van der Waals surface area contributed by atoms with Crippen LogP contribution in [-0.4, -0.2) is 40.7 Å². The number of nitrogens with zero attached hydrogens (tertiary/aromatic N) is 3. The number of nitrogens with one attached hydrogen (secondary N) is 1. The maximum atomic E-state index is 5.91. The fraction of sp³-hybridized carbons (Fsp3) is 0.417. The van der Waals surface area contributed by atoms with Crippen molar-refractivity contribution in [2.45, 2.75) is 45.1 Å². The van der Waals surface area contributed by atoms with Gasteiger partial charge in [-0.25, -0.2) is 0 Å². The van der Waals surface area contributed by atoms with Crippen molar-refractivity contribution in [3.8, 4) is 17.1 Å². The third kappa shape index (κ3) is 4.31. The highest BCUT2D eigenvalue weighted by Gasteiger charge is 2.24. The Morgan fingerprint density at radius 2 is 1.97 bits per heavy atom. The van der Waals surface area contributed by atoms with Gasteiger partial charge in [-0.05, 0) is 54.9 Å². The van der Waals surface area contributed by atoms with Gasteiger partial charge in [0, 0.05) is 24.2 Å². The van der Waals surface area contributed by atoms with Crippen molar-refractivity contribution in [2.24, 2.45) is 0 Å². The van der Waals surface area contributed by atoms with Crippen LogP contribution < -0.4 is 9.64 Å². The Morgan fingerprint density at radius 1 is 1.16 bits per heavy atom. The molecule has 0 spiro atoms. The molecule has 1 saturated heterocycles. The Morgan fingerprint density at radius 3 is 2.71 bits per heavy atom. The Labute approximate surface area is 188 Å². The van der Waals surface area contributed by atoms with Crippen LogP contribution >= 0.6 is 12.2 Å². The molecule has 7 heteroatoms. The quantitative estimate of drug-likeness (QED) is 0.603. The molecule has 3 heterocycles. The summed E-state index contributed by atoms with van der Waals surface area (Å²) < 4.78 is 16.2.